The van der Waals surface area contributed by atoms with Gasteiger partial charge in [-0.25, -0.2) is 0 Å². The van der Waals surface area contributed by atoms with Gasteiger partial charge in [0.1, 0.15) is 5.01 Å². The Bertz CT molecular complexity index is 940. The van der Waals surface area contributed by atoms with Crippen molar-refractivity contribution in [2.24, 2.45) is 0 Å². The minimum atomic E-state index is -0.179. The number of benzene rings is 1. The summed E-state index contributed by atoms with van der Waals surface area (Å²) in [6, 6.07) is 5.41. The molecule has 0 bridgehead atoms. The number of amides is 1. The van der Waals surface area contributed by atoms with Crippen molar-refractivity contribution in [3.8, 4) is 22.9 Å². The summed E-state index contributed by atoms with van der Waals surface area (Å²) in [5.74, 6) is 1.87. The number of carbonyl (C=O) groups is 1. The maximum atomic E-state index is 12.1. The Balaban J connectivity index is 1.60. The monoisotopic (exact) mass is 403 g/mol. The van der Waals surface area contributed by atoms with Gasteiger partial charge in [0.15, 0.2) is 11.5 Å². The number of anilines is 1. The summed E-state index contributed by atoms with van der Waals surface area (Å²) in [4.78, 5) is 16.4. The highest BCUT2D eigenvalue weighted by molar-refractivity contribution is 7.15. The largest absolute Gasteiger partial charge is 0.493 e. The van der Waals surface area contributed by atoms with E-state index in [-0.39, 0.29) is 12.3 Å². The van der Waals surface area contributed by atoms with E-state index in [1.165, 1.54) is 11.3 Å². The van der Waals surface area contributed by atoms with E-state index in [9.17, 15) is 4.79 Å². The summed E-state index contributed by atoms with van der Waals surface area (Å²) in [6.07, 6.45) is 1.32. The number of carbonyl (C=O) groups excluding carboxylic acids is 1. The van der Waals surface area contributed by atoms with Gasteiger partial charge < -0.3 is 19.3 Å². The van der Waals surface area contributed by atoms with E-state index >= 15 is 0 Å². The smallest absolute Gasteiger partial charge is 0.227 e. The number of methoxy groups -OCH3 is 1. The van der Waals surface area contributed by atoms with E-state index in [4.69, 9.17) is 14.0 Å². The first kappa shape index (κ1) is 19.7. The van der Waals surface area contributed by atoms with Crippen LogP contribution in [0.25, 0.3) is 11.4 Å². The van der Waals surface area contributed by atoms with Crippen LogP contribution in [0.2, 0.25) is 0 Å². The number of hydrogen-bond acceptors (Lipinski definition) is 9. The summed E-state index contributed by atoms with van der Waals surface area (Å²) in [5.41, 5.74) is 0.740. The molecule has 0 atom stereocenters. The zero-order valence-corrected chi connectivity index (χ0v) is 16.7. The Morgan fingerprint density at radius 3 is 2.82 bits per heavy atom. The van der Waals surface area contributed by atoms with E-state index in [1.54, 1.807) is 19.2 Å². The fourth-order valence-electron chi connectivity index (χ4n) is 2.41. The molecule has 0 radical (unpaired) electrons. The van der Waals surface area contributed by atoms with Crippen LogP contribution in [0.3, 0.4) is 0 Å². The SMILES string of the molecule is CCOc1cc(-c2noc(CCC(=O)Nc3nnc(CC)s3)n2)ccc1OC. The maximum Gasteiger partial charge on any atom is 0.227 e. The number of ether oxygens (including phenoxy) is 2. The van der Waals surface area contributed by atoms with Crippen LogP contribution in [0.4, 0.5) is 5.13 Å². The third-order valence-electron chi connectivity index (χ3n) is 3.77. The third-order valence-corrected chi connectivity index (χ3v) is 4.75. The highest BCUT2D eigenvalue weighted by Crippen LogP contribution is 2.31. The second kappa shape index (κ2) is 9.27. The number of rotatable bonds is 9. The molecule has 0 aliphatic carbocycles. The van der Waals surface area contributed by atoms with Crippen molar-refractivity contribution in [1.82, 2.24) is 20.3 Å². The predicted molar refractivity (Wildman–Crippen MR) is 104 cm³/mol. The van der Waals surface area contributed by atoms with Crippen molar-refractivity contribution < 1.29 is 18.8 Å². The molecule has 0 aliphatic heterocycles. The second-order valence-corrected chi connectivity index (χ2v) is 6.78. The molecule has 2 aromatic heterocycles. The quantitative estimate of drug-likeness (QED) is 0.580. The van der Waals surface area contributed by atoms with Crippen molar-refractivity contribution in [1.29, 1.82) is 0 Å². The summed E-state index contributed by atoms with van der Waals surface area (Å²) >= 11 is 1.36. The molecule has 0 saturated heterocycles. The number of aromatic nitrogens is 4. The lowest BCUT2D eigenvalue weighted by Gasteiger charge is -2.09. The van der Waals surface area contributed by atoms with Gasteiger partial charge in [-0.1, -0.05) is 23.4 Å². The Kier molecular flexibility index (Phi) is 6.53. The van der Waals surface area contributed by atoms with Crippen molar-refractivity contribution in [3.63, 3.8) is 0 Å². The first-order chi connectivity index (χ1) is 13.6. The highest BCUT2D eigenvalue weighted by Gasteiger charge is 2.14. The Morgan fingerprint density at radius 2 is 2.11 bits per heavy atom. The molecule has 0 saturated carbocycles. The summed E-state index contributed by atoms with van der Waals surface area (Å²) in [6.45, 7) is 4.40. The Morgan fingerprint density at radius 1 is 1.25 bits per heavy atom. The molecular formula is C18H21N5O4S. The van der Waals surface area contributed by atoms with E-state index in [2.05, 4.69) is 25.7 Å². The summed E-state index contributed by atoms with van der Waals surface area (Å²) in [5, 5.41) is 16.0. The maximum absolute atomic E-state index is 12.1. The lowest BCUT2D eigenvalue weighted by molar-refractivity contribution is -0.116. The molecule has 28 heavy (non-hydrogen) atoms. The van der Waals surface area contributed by atoms with Gasteiger partial charge in [-0.2, -0.15) is 4.98 Å². The van der Waals surface area contributed by atoms with Crippen LogP contribution in [-0.4, -0.2) is 40.0 Å². The van der Waals surface area contributed by atoms with E-state index in [0.29, 0.717) is 41.4 Å². The topological polar surface area (TPSA) is 112 Å². The Labute approximate surface area is 166 Å². The minimum Gasteiger partial charge on any atom is -0.493 e. The molecule has 1 amide bonds. The van der Waals surface area contributed by atoms with Crippen molar-refractivity contribution in [2.45, 2.75) is 33.1 Å². The van der Waals surface area contributed by atoms with Crippen molar-refractivity contribution >= 4 is 22.4 Å². The van der Waals surface area contributed by atoms with Gasteiger partial charge in [0.25, 0.3) is 0 Å². The molecule has 10 heteroatoms. The standard InChI is InChI=1S/C18H21N5O4S/c1-4-16-21-22-18(28-16)19-14(24)8-9-15-20-17(23-27-15)11-6-7-12(25-3)13(10-11)26-5-2/h6-7,10H,4-5,8-9H2,1-3H3,(H,19,22,24). The molecule has 1 N–H and O–H groups in total. The zero-order chi connectivity index (χ0) is 19.9. The first-order valence-electron chi connectivity index (χ1n) is 8.89. The van der Waals surface area contributed by atoms with E-state index in [0.717, 1.165) is 17.0 Å². The molecule has 1 aromatic carbocycles. The molecule has 0 fully saturated rings. The van der Waals surface area contributed by atoms with Crippen LogP contribution in [0.1, 0.15) is 31.2 Å². The number of hydrogen-bond donors (Lipinski definition) is 1. The zero-order valence-electron chi connectivity index (χ0n) is 15.9. The van der Waals surface area contributed by atoms with Crippen molar-refractivity contribution in [3.05, 3.63) is 29.1 Å². The van der Waals surface area contributed by atoms with Crippen molar-refractivity contribution in [2.75, 3.05) is 19.0 Å². The second-order valence-electron chi connectivity index (χ2n) is 5.71. The normalized spacial score (nSPS) is 10.7. The number of aryl methyl sites for hydroxylation is 2. The molecule has 148 valence electrons. The van der Waals surface area contributed by atoms with E-state index < -0.39 is 0 Å². The minimum absolute atomic E-state index is 0.179. The molecular weight excluding hydrogens is 382 g/mol. The lowest BCUT2D eigenvalue weighted by atomic mass is 10.2. The van der Waals surface area contributed by atoms with Gasteiger partial charge >= 0.3 is 0 Å². The van der Waals surface area contributed by atoms with Gasteiger partial charge in [-0.15, -0.1) is 10.2 Å². The summed E-state index contributed by atoms with van der Waals surface area (Å²) < 4.78 is 16.1. The predicted octanol–water partition coefficient (Wildman–Crippen LogP) is 3.13. The molecule has 9 nitrogen and oxygen atoms in total. The number of nitrogens with zero attached hydrogens (tertiary/aromatic N) is 4. The molecule has 0 spiro atoms. The summed E-state index contributed by atoms with van der Waals surface area (Å²) in [7, 11) is 1.58. The highest BCUT2D eigenvalue weighted by atomic mass is 32.1. The van der Waals surface area contributed by atoms with Crippen LogP contribution in [0.5, 0.6) is 11.5 Å². The Hall–Kier alpha value is -3.01. The average Bonchev–Trinajstić information content (AvgIpc) is 3.36. The van der Waals surface area contributed by atoms with Crippen LogP contribution < -0.4 is 14.8 Å². The molecule has 3 aromatic rings. The third kappa shape index (κ3) is 4.83. The molecule has 2 heterocycles. The molecule has 0 aliphatic rings. The van der Waals surface area contributed by atoms with Gasteiger partial charge in [0, 0.05) is 18.4 Å². The van der Waals surface area contributed by atoms with Gasteiger partial charge in [-0.05, 0) is 31.5 Å². The van der Waals surface area contributed by atoms with Crippen LogP contribution in [0, 0.1) is 0 Å². The lowest BCUT2D eigenvalue weighted by Crippen LogP contribution is -2.12. The fourth-order valence-corrected chi connectivity index (χ4v) is 3.10. The molecule has 0 unspecified atom stereocenters. The van der Waals surface area contributed by atoms with Crippen LogP contribution >= 0.6 is 11.3 Å². The first-order valence-corrected chi connectivity index (χ1v) is 9.70. The van der Waals surface area contributed by atoms with Gasteiger partial charge in [0.05, 0.1) is 13.7 Å². The van der Waals surface area contributed by atoms with E-state index in [1.807, 2.05) is 19.9 Å². The van der Waals surface area contributed by atoms with Gasteiger partial charge in [-0.3, -0.25) is 4.79 Å². The number of nitrogens with one attached hydrogen (secondary N) is 1. The van der Waals surface area contributed by atoms with Crippen LogP contribution in [0.15, 0.2) is 22.7 Å². The molecule has 3 rings (SSSR count). The van der Waals surface area contributed by atoms with Crippen LogP contribution in [-0.2, 0) is 17.6 Å². The van der Waals surface area contributed by atoms with Gasteiger partial charge in [0.2, 0.25) is 22.8 Å². The average molecular weight is 403 g/mol. The fraction of sp³-hybridized carbons (Fsp3) is 0.389.